The Morgan fingerprint density at radius 3 is 2.33 bits per heavy atom. The molecule has 3 rings (SSSR count). The summed E-state index contributed by atoms with van der Waals surface area (Å²) in [6.45, 7) is 2.52. The molecule has 1 aliphatic carbocycles. The molecular formula is C13H17NS. The molecule has 0 amide bonds. The molecule has 1 saturated heterocycles. The first-order valence-corrected chi connectivity index (χ1v) is 6.72. The second kappa shape index (κ2) is 4.18. The summed E-state index contributed by atoms with van der Waals surface area (Å²) < 4.78 is 0. The second-order valence-corrected chi connectivity index (χ2v) is 6.08. The molecule has 2 aliphatic rings. The maximum atomic E-state index is 3.50. The number of hydrogen-bond donors (Lipinski definition) is 1. The fraction of sp³-hybridized carbons (Fsp3) is 0.538. The van der Waals surface area contributed by atoms with Gasteiger partial charge in [0.2, 0.25) is 0 Å². The molecule has 3 atom stereocenters. The smallest absolute Gasteiger partial charge is 0.0101 e. The molecule has 0 aromatic heterocycles. The standard InChI is InChI=1S/C13H17NS/c1-2-4-12(5-3-1)15-13-6-10-8-14-9-11(10)7-13/h1-5,10-11,13-14H,6-9H2/t10-,11+,13-. The summed E-state index contributed by atoms with van der Waals surface area (Å²) in [6.07, 6.45) is 2.83. The van der Waals surface area contributed by atoms with Gasteiger partial charge in [0.25, 0.3) is 0 Å². The number of thioether (sulfide) groups is 1. The highest BCUT2D eigenvalue weighted by Crippen LogP contribution is 2.42. The van der Waals surface area contributed by atoms with E-state index in [9.17, 15) is 0 Å². The fourth-order valence-corrected chi connectivity index (χ4v) is 4.28. The molecule has 0 spiro atoms. The van der Waals surface area contributed by atoms with E-state index in [-0.39, 0.29) is 0 Å². The zero-order chi connectivity index (χ0) is 10.1. The lowest BCUT2D eigenvalue weighted by Crippen LogP contribution is -2.12. The Balaban J connectivity index is 1.62. The molecule has 1 aromatic rings. The van der Waals surface area contributed by atoms with Crippen LogP contribution in [0.25, 0.3) is 0 Å². The Morgan fingerprint density at radius 1 is 1.00 bits per heavy atom. The Labute approximate surface area is 95.6 Å². The molecule has 1 N–H and O–H groups in total. The lowest BCUT2D eigenvalue weighted by Gasteiger charge is -2.10. The van der Waals surface area contributed by atoms with E-state index in [4.69, 9.17) is 0 Å². The van der Waals surface area contributed by atoms with Gasteiger partial charge in [0.05, 0.1) is 0 Å². The van der Waals surface area contributed by atoms with Crippen LogP contribution in [0.4, 0.5) is 0 Å². The molecule has 1 aromatic carbocycles. The quantitative estimate of drug-likeness (QED) is 0.821. The first-order valence-electron chi connectivity index (χ1n) is 5.84. The van der Waals surface area contributed by atoms with Gasteiger partial charge < -0.3 is 5.32 Å². The predicted molar refractivity (Wildman–Crippen MR) is 65.2 cm³/mol. The molecule has 1 saturated carbocycles. The van der Waals surface area contributed by atoms with Crippen molar-refractivity contribution in [2.75, 3.05) is 13.1 Å². The van der Waals surface area contributed by atoms with E-state index in [0.29, 0.717) is 0 Å². The summed E-state index contributed by atoms with van der Waals surface area (Å²) in [6, 6.07) is 10.8. The van der Waals surface area contributed by atoms with Gasteiger partial charge in [0.15, 0.2) is 0 Å². The van der Waals surface area contributed by atoms with Crippen LogP contribution < -0.4 is 5.32 Å². The van der Waals surface area contributed by atoms with Crippen molar-refractivity contribution in [2.24, 2.45) is 11.8 Å². The monoisotopic (exact) mass is 219 g/mol. The van der Waals surface area contributed by atoms with E-state index < -0.39 is 0 Å². The minimum absolute atomic E-state index is 0.865. The number of hydrogen-bond acceptors (Lipinski definition) is 2. The average Bonchev–Trinajstić information content (AvgIpc) is 2.79. The van der Waals surface area contributed by atoms with Crippen LogP contribution in [-0.2, 0) is 0 Å². The van der Waals surface area contributed by atoms with Crippen LogP contribution in [0.15, 0.2) is 35.2 Å². The Morgan fingerprint density at radius 2 is 1.67 bits per heavy atom. The molecule has 1 heterocycles. The number of fused-ring (bicyclic) bond motifs is 1. The Bertz CT molecular complexity index is 313. The number of nitrogens with one attached hydrogen (secondary N) is 1. The van der Waals surface area contributed by atoms with Gasteiger partial charge in [0.1, 0.15) is 0 Å². The van der Waals surface area contributed by atoms with E-state index in [1.807, 2.05) is 0 Å². The Hall–Kier alpha value is -0.470. The van der Waals surface area contributed by atoms with E-state index in [2.05, 4.69) is 47.4 Å². The van der Waals surface area contributed by atoms with Gasteiger partial charge in [-0.2, -0.15) is 0 Å². The van der Waals surface area contributed by atoms with E-state index in [1.165, 1.54) is 30.8 Å². The molecule has 80 valence electrons. The van der Waals surface area contributed by atoms with Gasteiger partial charge in [-0.05, 0) is 49.9 Å². The van der Waals surface area contributed by atoms with Crippen LogP contribution in [0.5, 0.6) is 0 Å². The van der Waals surface area contributed by atoms with Crippen molar-refractivity contribution in [3.8, 4) is 0 Å². The summed E-state index contributed by atoms with van der Waals surface area (Å²) in [5, 5.41) is 4.36. The third kappa shape index (κ3) is 2.06. The summed E-state index contributed by atoms with van der Waals surface area (Å²) in [5.41, 5.74) is 0. The third-order valence-electron chi connectivity index (χ3n) is 3.66. The second-order valence-electron chi connectivity index (χ2n) is 4.70. The predicted octanol–water partition coefficient (Wildman–Crippen LogP) is 2.78. The summed E-state index contributed by atoms with van der Waals surface area (Å²) in [5.74, 6) is 1.93. The van der Waals surface area contributed by atoms with E-state index in [0.717, 1.165) is 17.1 Å². The van der Waals surface area contributed by atoms with Gasteiger partial charge in [-0.3, -0.25) is 0 Å². The molecule has 0 radical (unpaired) electrons. The average molecular weight is 219 g/mol. The lowest BCUT2D eigenvalue weighted by molar-refractivity contribution is 0.494. The van der Waals surface area contributed by atoms with Crippen LogP contribution in [0, 0.1) is 11.8 Å². The largest absolute Gasteiger partial charge is 0.316 e. The van der Waals surface area contributed by atoms with E-state index in [1.54, 1.807) is 0 Å². The van der Waals surface area contributed by atoms with Gasteiger partial charge in [0, 0.05) is 10.1 Å². The lowest BCUT2D eigenvalue weighted by atomic mass is 10.0. The molecule has 15 heavy (non-hydrogen) atoms. The van der Waals surface area contributed by atoms with Crippen LogP contribution in [0.1, 0.15) is 12.8 Å². The van der Waals surface area contributed by atoms with Crippen molar-refractivity contribution in [1.29, 1.82) is 0 Å². The summed E-state index contributed by atoms with van der Waals surface area (Å²) in [4.78, 5) is 1.44. The van der Waals surface area contributed by atoms with Crippen molar-refractivity contribution in [2.45, 2.75) is 23.0 Å². The van der Waals surface area contributed by atoms with Crippen LogP contribution >= 0.6 is 11.8 Å². The van der Waals surface area contributed by atoms with Gasteiger partial charge >= 0.3 is 0 Å². The highest BCUT2D eigenvalue weighted by molar-refractivity contribution is 8.00. The maximum absolute atomic E-state index is 3.50. The molecule has 1 aliphatic heterocycles. The maximum Gasteiger partial charge on any atom is 0.0101 e. The normalized spacial score (nSPS) is 34.3. The zero-order valence-electron chi connectivity index (χ0n) is 8.86. The molecule has 2 heteroatoms. The van der Waals surface area contributed by atoms with Crippen molar-refractivity contribution in [3.63, 3.8) is 0 Å². The van der Waals surface area contributed by atoms with Gasteiger partial charge in [-0.15, -0.1) is 11.8 Å². The first-order chi connectivity index (χ1) is 7.42. The van der Waals surface area contributed by atoms with E-state index >= 15 is 0 Å². The molecule has 2 fully saturated rings. The van der Waals surface area contributed by atoms with Gasteiger partial charge in [-0.1, -0.05) is 18.2 Å². The minimum Gasteiger partial charge on any atom is -0.316 e. The number of rotatable bonds is 2. The van der Waals surface area contributed by atoms with Crippen molar-refractivity contribution < 1.29 is 0 Å². The number of benzene rings is 1. The van der Waals surface area contributed by atoms with Crippen LogP contribution in [0.2, 0.25) is 0 Å². The van der Waals surface area contributed by atoms with Crippen LogP contribution in [-0.4, -0.2) is 18.3 Å². The van der Waals surface area contributed by atoms with Crippen LogP contribution in [0.3, 0.4) is 0 Å². The Kier molecular flexibility index (Phi) is 2.72. The minimum atomic E-state index is 0.865. The van der Waals surface area contributed by atoms with Gasteiger partial charge in [-0.25, -0.2) is 0 Å². The molecule has 0 bridgehead atoms. The van der Waals surface area contributed by atoms with Crippen molar-refractivity contribution in [1.82, 2.24) is 5.32 Å². The molecule has 1 nitrogen and oxygen atoms in total. The molecule has 0 unspecified atom stereocenters. The highest BCUT2D eigenvalue weighted by Gasteiger charge is 2.37. The van der Waals surface area contributed by atoms with Crippen molar-refractivity contribution in [3.05, 3.63) is 30.3 Å². The zero-order valence-corrected chi connectivity index (χ0v) is 9.67. The van der Waals surface area contributed by atoms with Crippen molar-refractivity contribution >= 4 is 11.8 Å². The highest BCUT2D eigenvalue weighted by atomic mass is 32.2. The molecular weight excluding hydrogens is 202 g/mol. The third-order valence-corrected chi connectivity index (χ3v) is 4.92. The topological polar surface area (TPSA) is 12.0 Å². The summed E-state index contributed by atoms with van der Waals surface area (Å²) >= 11 is 2.08. The summed E-state index contributed by atoms with van der Waals surface area (Å²) in [7, 11) is 0. The first kappa shape index (κ1) is 9.73. The fourth-order valence-electron chi connectivity index (χ4n) is 2.90. The SMILES string of the molecule is c1ccc(S[C@H]2C[C@H]3CNC[C@H]3C2)cc1.